The molecule has 0 aliphatic carbocycles. The average Bonchev–Trinajstić information content (AvgIpc) is 3.23. The molecule has 0 unspecified atom stereocenters. The Morgan fingerprint density at radius 3 is 2.74 bits per heavy atom. The number of aromatic nitrogens is 1. The van der Waals surface area contributed by atoms with Gasteiger partial charge < -0.3 is 18.4 Å². The molecule has 3 rings (SSSR count). The lowest BCUT2D eigenvalue weighted by atomic mass is 10.3. The lowest BCUT2D eigenvalue weighted by molar-refractivity contribution is -0.147. The van der Waals surface area contributed by atoms with Gasteiger partial charge >= 0.3 is 5.97 Å². The summed E-state index contributed by atoms with van der Waals surface area (Å²) < 4.78 is 20.6. The molecule has 2 heterocycles. The van der Waals surface area contributed by atoms with Gasteiger partial charge in [-0.2, -0.15) is 0 Å². The molecule has 0 atom stereocenters. The van der Waals surface area contributed by atoms with Gasteiger partial charge in [0.2, 0.25) is 5.76 Å². The van der Waals surface area contributed by atoms with Crippen molar-refractivity contribution in [2.24, 2.45) is 0 Å². The van der Waals surface area contributed by atoms with Crippen LogP contribution in [-0.4, -0.2) is 17.7 Å². The van der Waals surface area contributed by atoms with Crippen LogP contribution in [0.1, 0.15) is 5.69 Å². The van der Waals surface area contributed by atoms with Crippen LogP contribution in [0.3, 0.4) is 0 Å². The Labute approximate surface area is 136 Å². The average molecular weight is 334 g/mol. The largest absolute Gasteiger partial charge is 0.482 e. The molecule has 0 saturated heterocycles. The van der Waals surface area contributed by atoms with Crippen molar-refractivity contribution in [3.63, 3.8) is 0 Å². The van der Waals surface area contributed by atoms with Crippen LogP contribution in [0.4, 0.5) is 0 Å². The van der Waals surface area contributed by atoms with Crippen LogP contribution in [0, 0.1) is 0 Å². The minimum absolute atomic E-state index is 0.00692. The number of ether oxygens (including phenoxy) is 2. The monoisotopic (exact) mass is 333 g/mol. The number of rotatable bonds is 6. The predicted molar refractivity (Wildman–Crippen MR) is 80.9 cm³/mol. The van der Waals surface area contributed by atoms with Gasteiger partial charge in [0.05, 0.1) is 6.26 Å². The van der Waals surface area contributed by atoms with E-state index in [0.717, 1.165) is 0 Å². The molecule has 0 radical (unpaired) electrons. The molecule has 0 fully saturated rings. The van der Waals surface area contributed by atoms with Crippen molar-refractivity contribution in [1.82, 2.24) is 5.16 Å². The third-order valence-corrected chi connectivity index (χ3v) is 3.13. The van der Waals surface area contributed by atoms with Crippen molar-refractivity contribution in [3.8, 4) is 17.3 Å². The van der Waals surface area contributed by atoms with E-state index in [2.05, 4.69) is 5.16 Å². The third-order valence-electron chi connectivity index (χ3n) is 2.87. The zero-order valence-electron chi connectivity index (χ0n) is 11.9. The normalized spacial score (nSPS) is 10.5. The van der Waals surface area contributed by atoms with Gasteiger partial charge in [0.15, 0.2) is 12.4 Å². The van der Waals surface area contributed by atoms with Crippen LogP contribution in [-0.2, 0) is 16.1 Å². The number of hydrogen-bond acceptors (Lipinski definition) is 6. The van der Waals surface area contributed by atoms with Gasteiger partial charge in [-0.05, 0) is 36.4 Å². The Morgan fingerprint density at radius 1 is 1.17 bits per heavy atom. The lowest BCUT2D eigenvalue weighted by Gasteiger charge is -2.05. The summed E-state index contributed by atoms with van der Waals surface area (Å²) in [7, 11) is 0. The second-order valence-electron chi connectivity index (χ2n) is 4.56. The third kappa shape index (κ3) is 4.14. The van der Waals surface area contributed by atoms with Crippen LogP contribution in [0.2, 0.25) is 5.02 Å². The first-order valence-electron chi connectivity index (χ1n) is 6.74. The quantitative estimate of drug-likeness (QED) is 0.640. The summed E-state index contributed by atoms with van der Waals surface area (Å²) in [6.07, 6.45) is 1.53. The molecule has 3 aromatic rings. The Balaban J connectivity index is 1.46. The molecule has 0 aliphatic rings. The van der Waals surface area contributed by atoms with Crippen LogP contribution in [0.25, 0.3) is 11.5 Å². The fraction of sp³-hybridized carbons (Fsp3) is 0.125. The fourth-order valence-electron chi connectivity index (χ4n) is 1.78. The van der Waals surface area contributed by atoms with E-state index in [4.69, 9.17) is 30.0 Å². The molecule has 0 spiro atoms. The molecule has 0 bridgehead atoms. The van der Waals surface area contributed by atoms with E-state index in [1.54, 1.807) is 42.5 Å². The number of esters is 1. The van der Waals surface area contributed by atoms with Crippen molar-refractivity contribution < 1.29 is 23.2 Å². The first-order chi connectivity index (χ1) is 11.2. The summed E-state index contributed by atoms with van der Waals surface area (Å²) in [4.78, 5) is 11.6. The van der Waals surface area contributed by atoms with Crippen LogP contribution in [0.5, 0.6) is 5.75 Å². The Morgan fingerprint density at radius 2 is 2.00 bits per heavy atom. The summed E-state index contributed by atoms with van der Waals surface area (Å²) in [5.74, 6) is 1.05. The highest BCUT2D eigenvalue weighted by atomic mass is 35.5. The van der Waals surface area contributed by atoms with Crippen LogP contribution >= 0.6 is 11.6 Å². The number of halogens is 1. The number of carbonyl (C=O) groups is 1. The molecule has 2 aromatic heterocycles. The summed E-state index contributed by atoms with van der Waals surface area (Å²) >= 11 is 5.76. The van der Waals surface area contributed by atoms with E-state index < -0.39 is 5.97 Å². The van der Waals surface area contributed by atoms with E-state index in [9.17, 15) is 4.79 Å². The molecule has 23 heavy (non-hydrogen) atoms. The van der Waals surface area contributed by atoms with Crippen LogP contribution < -0.4 is 4.74 Å². The van der Waals surface area contributed by atoms with Gasteiger partial charge in [0, 0.05) is 11.1 Å². The summed E-state index contributed by atoms with van der Waals surface area (Å²) in [5.41, 5.74) is 0.483. The molecule has 0 amide bonds. The number of hydrogen-bond donors (Lipinski definition) is 0. The van der Waals surface area contributed by atoms with Gasteiger partial charge in [-0.1, -0.05) is 16.8 Å². The summed E-state index contributed by atoms with van der Waals surface area (Å²) in [6.45, 7) is -0.211. The van der Waals surface area contributed by atoms with Crippen molar-refractivity contribution in [2.45, 2.75) is 6.61 Å². The van der Waals surface area contributed by atoms with E-state index in [1.165, 1.54) is 6.26 Å². The molecular formula is C16H12ClNO5. The Bertz CT molecular complexity index is 764. The van der Waals surface area contributed by atoms with Crippen molar-refractivity contribution in [1.29, 1.82) is 0 Å². The summed E-state index contributed by atoms with van der Waals surface area (Å²) in [6, 6.07) is 11.8. The zero-order chi connectivity index (χ0) is 16.1. The van der Waals surface area contributed by atoms with Crippen molar-refractivity contribution in [2.75, 3.05) is 6.61 Å². The van der Waals surface area contributed by atoms with E-state index in [1.807, 2.05) is 0 Å². The van der Waals surface area contributed by atoms with Crippen molar-refractivity contribution >= 4 is 17.6 Å². The Hall–Kier alpha value is -2.73. The lowest BCUT2D eigenvalue weighted by Crippen LogP contribution is -2.14. The van der Waals surface area contributed by atoms with Gasteiger partial charge in [-0.3, -0.25) is 0 Å². The van der Waals surface area contributed by atoms with E-state index in [0.29, 0.717) is 28.0 Å². The topological polar surface area (TPSA) is 74.7 Å². The minimum atomic E-state index is -0.512. The first-order valence-corrected chi connectivity index (χ1v) is 7.12. The SMILES string of the molecule is O=C(COc1ccc(Cl)cc1)OCc1cc(-c2ccco2)on1. The molecule has 0 N–H and O–H groups in total. The van der Waals surface area contributed by atoms with Crippen LogP contribution in [0.15, 0.2) is 57.7 Å². The minimum Gasteiger partial charge on any atom is -0.482 e. The fourth-order valence-corrected chi connectivity index (χ4v) is 1.91. The van der Waals surface area contributed by atoms with E-state index in [-0.39, 0.29) is 13.2 Å². The second-order valence-corrected chi connectivity index (χ2v) is 5.00. The molecular weight excluding hydrogens is 322 g/mol. The molecule has 118 valence electrons. The number of carbonyl (C=O) groups excluding carboxylic acids is 1. The van der Waals surface area contributed by atoms with Gasteiger partial charge in [-0.25, -0.2) is 4.79 Å². The maximum Gasteiger partial charge on any atom is 0.344 e. The highest BCUT2D eigenvalue weighted by molar-refractivity contribution is 6.30. The molecule has 7 heteroatoms. The zero-order valence-corrected chi connectivity index (χ0v) is 12.7. The standard InChI is InChI=1S/C16H12ClNO5/c17-11-3-5-13(6-4-11)21-10-16(19)22-9-12-8-15(23-18-12)14-2-1-7-20-14/h1-8H,9-10H2. The van der Waals surface area contributed by atoms with Gasteiger partial charge in [0.25, 0.3) is 0 Å². The number of furan rings is 1. The molecule has 6 nitrogen and oxygen atoms in total. The molecule has 0 saturated carbocycles. The summed E-state index contributed by atoms with van der Waals surface area (Å²) in [5, 5.41) is 4.40. The maximum atomic E-state index is 11.6. The smallest absolute Gasteiger partial charge is 0.344 e. The Kier molecular flexibility index (Phi) is 4.63. The second kappa shape index (κ2) is 7.02. The maximum absolute atomic E-state index is 11.6. The first kappa shape index (κ1) is 15.2. The highest BCUT2D eigenvalue weighted by Crippen LogP contribution is 2.20. The molecule has 1 aromatic carbocycles. The predicted octanol–water partition coefficient (Wildman–Crippen LogP) is 3.71. The van der Waals surface area contributed by atoms with Gasteiger partial charge in [0.1, 0.15) is 18.1 Å². The highest BCUT2D eigenvalue weighted by Gasteiger charge is 2.11. The van der Waals surface area contributed by atoms with E-state index >= 15 is 0 Å². The molecule has 0 aliphatic heterocycles. The number of nitrogens with zero attached hydrogens (tertiary/aromatic N) is 1. The van der Waals surface area contributed by atoms with Crippen molar-refractivity contribution in [3.05, 3.63) is 59.4 Å². The number of benzene rings is 1. The van der Waals surface area contributed by atoms with Gasteiger partial charge in [-0.15, -0.1) is 0 Å².